The van der Waals surface area contributed by atoms with Gasteiger partial charge in [-0.15, -0.1) is 0 Å². The van der Waals surface area contributed by atoms with E-state index in [9.17, 15) is 0 Å². The van der Waals surface area contributed by atoms with Crippen LogP contribution in [0.1, 0.15) is 24.4 Å². The minimum atomic E-state index is 0.446. The number of nitrogens with one attached hydrogen (secondary N) is 1. The zero-order valence-corrected chi connectivity index (χ0v) is 10.4. The third-order valence-electron chi connectivity index (χ3n) is 2.59. The van der Waals surface area contributed by atoms with Crippen molar-refractivity contribution in [2.75, 3.05) is 13.7 Å². The first-order valence-corrected chi connectivity index (χ1v) is 5.98. The number of ether oxygens (including phenoxy) is 1. The summed E-state index contributed by atoms with van der Waals surface area (Å²) in [5, 5.41) is 3.34. The molecule has 1 atom stereocenters. The Morgan fingerprint density at radius 3 is 3.14 bits per heavy atom. The molecule has 0 aliphatic carbocycles. The van der Waals surface area contributed by atoms with E-state index < -0.39 is 0 Å². The second-order valence-electron chi connectivity index (χ2n) is 3.51. The van der Waals surface area contributed by atoms with Gasteiger partial charge < -0.3 is 10.1 Å². The molecule has 0 aromatic heterocycles. The highest BCUT2D eigenvalue weighted by Crippen LogP contribution is 2.32. The molecule has 1 aromatic rings. The predicted molar refractivity (Wildman–Crippen MR) is 65.7 cm³/mol. The highest BCUT2D eigenvalue weighted by Gasteiger charge is 2.17. The first-order chi connectivity index (χ1) is 6.81. The summed E-state index contributed by atoms with van der Waals surface area (Å²) >= 11 is 2.34. The van der Waals surface area contributed by atoms with Gasteiger partial charge in [-0.05, 0) is 60.7 Å². The van der Waals surface area contributed by atoms with Crippen molar-refractivity contribution in [3.8, 4) is 5.75 Å². The second kappa shape index (κ2) is 4.49. The molecule has 0 saturated carbocycles. The normalized spacial score (nSPS) is 20.9. The van der Waals surface area contributed by atoms with Crippen molar-refractivity contribution in [1.29, 1.82) is 0 Å². The van der Waals surface area contributed by atoms with Crippen LogP contribution in [0, 0.1) is 3.57 Å². The maximum Gasteiger partial charge on any atom is 0.124 e. The molecule has 0 fully saturated rings. The summed E-state index contributed by atoms with van der Waals surface area (Å²) in [4.78, 5) is 0. The van der Waals surface area contributed by atoms with E-state index in [4.69, 9.17) is 4.74 Å². The maximum atomic E-state index is 5.69. The van der Waals surface area contributed by atoms with Crippen LogP contribution in [0.3, 0.4) is 0 Å². The summed E-state index contributed by atoms with van der Waals surface area (Å²) in [5.41, 5.74) is 1.30. The molecular weight excluding hydrogens is 289 g/mol. The van der Waals surface area contributed by atoms with Gasteiger partial charge in [0.25, 0.3) is 0 Å². The van der Waals surface area contributed by atoms with Crippen LogP contribution in [0.5, 0.6) is 5.75 Å². The van der Waals surface area contributed by atoms with Gasteiger partial charge in [-0.1, -0.05) is 0 Å². The highest BCUT2D eigenvalue weighted by atomic mass is 127. The molecule has 0 radical (unpaired) electrons. The van der Waals surface area contributed by atoms with Gasteiger partial charge >= 0.3 is 0 Å². The molecule has 1 aromatic carbocycles. The van der Waals surface area contributed by atoms with Crippen molar-refractivity contribution in [1.82, 2.24) is 5.32 Å². The largest absolute Gasteiger partial charge is 0.493 e. The molecule has 0 bridgehead atoms. The lowest BCUT2D eigenvalue weighted by atomic mass is 10.0. The Bertz CT molecular complexity index is 327. The first-order valence-electron chi connectivity index (χ1n) is 4.91. The van der Waals surface area contributed by atoms with Crippen molar-refractivity contribution >= 4 is 22.6 Å². The fourth-order valence-electron chi connectivity index (χ4n) is 1.85. The van der Waals surface area contributed by atoms with E-state index in [2.05, 4.69) is 46.1 Å². The Morgan fingerprint density at radius 1 is 1.50 bits per heavy atom. The van der Waals surface area contributed by atoms with Crippen LogP contribution in [0.15, 0.2) is 18.2 Å². The average molecular weight is 303 g/mol. The van der Waals surface area contributed by atoms with Crippen molar-refractivity contribution in [2.24, 2.45) is 0 Å². The van der Waals surface area contributed by atoms with E-state index >= 15 is 0 Å². The Balaban J connectivity index is 2.40. The van der Waals surface area contributed by atoms with Crippen LogP contribution in [0.25, 0.3) is 0 Å². The minimum absolute atomic E-state index is 0.446. The van der Waals surface area contributed by atoms with E-state index in [0.29, 0.717) is 6.04 Å². The van der Waals surface area contributed by atoms with Crippen molar-refractivity contribution in [3.63, 3.8) is 0 Å². The summed E-state index contributed by atoms with van der Waals surface area (Å²) < 4.78 is 6.96. The lowest BCUT2D eigenvalue weighted by molar-refractivity contribution is 0.315. The molecule has 0 saturated heterocycles. The predicted octanol–water partition coefficient (Wildman–Crippen LogP) is 2.72. The van der Waals surface area contributed by atoms with Gasteiger partial charge in [0.2, 0.25) is 0 Å². The van der Waals surface area contributed by atoms with Crippen LogP contribution < -0.4 is 10.1 Å². The molecule has 0 spiro atoms. The average Bonchev–Trinajstić information content (AvgIpc) is 2.39. The molecule has 3 heteroatoms. The molecule has 1 aliphatic heterocycles. The molecule has 14 heavy (non-hydrogen) atoms. The molecule has 1 N–H and O–H groups in total. The van der Waals surface area contributed by atoms with Crippen molar-refractivity contribution < 1.29 is 4.74 Å². The SMILES string of the molecule is CNC1CCCOc2ccc(I)cc21. The topological polar surface area (TPSA) is 21.3 Å². The third kappa shape index (κ3) is 2.03. The van der Waals surface area contributed by atoms with Gasteiger partial charge in [-0.2, -0.15) is 0 Å². The Kier molecular flexibility index (Phi) is 3.28. The minimum Gasteiger partial charge on any atom is -0.493 e. The Labute approximate surface area is 98.2 Å². The molecule has 2 rings (SSSR count). The standard InChI is InChI=1S/C11H14INO/c1-13-10-3-2-6-14-11-5-4-8(12)7-9(10)11/h4-5,7,10,13H,2-3,6H2,1H3. The van der Waals surface area contributed by atoms with Crippen LogP contribution in [0.4, 0.5) is 0 Å². The first kappa shape index (κ1) is 10.2. The number of fused-ring (bicyclic) bond motifs is 1. The number of hydrogen-bond acceptors (Lipinski definition) is 2. The Morgan fingerprint density at radius 2 is 2.36 bits per heavy atom. The molecule has 1 aliphatic rings. The van der Waals surface area contributed by atoms with Crippen LogP contribution in [-0.4, -0.2) is 13.7 Å². The van der Waals surface area contributed by atoms with Gasteiger partial charge in [0, 0.05) is 15.2 Å². The zero-order valence-electron chi connectivity index (χ0n) is 8.22. The molecule has 1 unspecified atom stereocenters. The van der Waals surface area contributed by atoms with E-state index in [1.54, 1.807) is 0 Å². The van der Waals surface area contributed by atoms with Gasteiger partial charge in [0.1, 0.15) is 5.75 Å². The van der Waals surface area contributed by atoms with E-state index in [0.717, 1.165) is 25.2 Å². The fraction of sp³-hybridized carbons (Fsp3) is 0.455. The van der Waals surface area contributed by atoms with Gasteiger partial charge in [0.05, 0.1) is 6.61 Å². The van der Waals surface area contributed by atoms with Crippen molar-refractivity contribution in [2.45, 2.75) is 18.9 Å². The quantitative estimate of drug-likeness (QED) is 0.806. The smallest absolute Gasteiger partial charge is 0.124 e. The second-order valence-corrected chi connectivity index (χ2v) is 4.76. The van der Waals surface area contributed by atoms with E-state index in [1.807, 2.05) is 7.05 Å². The fourth-order valence-corrected chi connectivity index (χ4v) is 2.36. The van der Waals surface area contributed by atoms with Crippen LogP contribution in [-0.2, 0) is 0 Å². The van der Waals surface area contributed by atoms with Crippen LogP contribution in [0.2, 0.25) is 0 Å². The molecule has 2 nitrogen and oxygen atoms in total. The zero-order chi connectivity index (χ0) is 9.97. The lowest BCUT2D eigenvalue weighted by Gasteiger charge is -2.15. The van der Waals surface area contributed by atoms with Crippen molar-refractivity contribution in [3.05, 3.63) is 27.3 Å². The van der Waals surface area contributed by atoms with Gasteiger partial charge in [-0.25, -0.2) is 0 Å². The highest BCUT2D eigenvalue weighted by molar-refractivity contribution is 14.1. The monoisotopic (exact) mass is 303 g/mol. The summed E-state index contributed by atoms with van der Waals surface area (Å²) in [6.07, 6.45) is 2.28. The summed E-state index contributed by atoms with van der Waals surface area (Å²) in [5.74, 6) is 1.04. The van der Waals surface area contributed by atoms with E-state index in [1.165, 1.54) is 9.13 Å². The summed E-state index contributed by atoms with van der Waals surface area (Å²) in [6.45, 7) is 0.839. The van der Waals surface area contributed by atoms with Crippen LogP contribution >= 0.6 is 22.6 Å². The molecule has 1 heterocycles. The molecule has 0 amide bonds. The lowest BCUT2D eigenvalue weighted by Crippen LogP contribution is -2.15. The number of benzene rings is 1. The third-order valence-corrected chi connectivity index (χ3v) is 3.26. The number of halogens is 1. The van der Waals surface area contributed by atoms with E-state index in [-0.39, 0.29) is 0 Å². The van der Waals surface area contributed by atoms with Gasteiger partial charge in [-0.3, -0.25) is 0 Å². The van der Waals surface area contributed by atoms with Gasteiger partial charge in [0.15, 0.2) is 0 Å². The summed E-state index contributed by atoms with van der Waals surface area (Å²) in [6, 6.07) is 6.83. The number of rotatable bonds is 1. The maximum absolute atomic E-state index is 5.69. The number of hydrogen-bond donors (Lipinski definition) is 1. The molecule has 76 valence electrons. The molecular formula is C11H14INO. The summed E-state index contributed by atoms with van der Waals surface area (Å²) in [7, 11) is 2.01. The Hall–Kier alpha value is -0.290.